The first-order chi connectivity index (χ1) is 6.48. The average molecular weight is 229 g/mol. The topological polar surface area (TPSA) is 80.5 Å². The number of hydrogen-bond acceptors (Lipinski definition) is 4. The van der Waals surface area contributed by atoms with Crippen LogP contribution in [0.15, 0.2) is 6.33 Å². The summed E-state index contributed by atoms with van der Waals surface area (Å²) < 4.78 is 0.564. The van der Waals surface area contributed by atoms with Gasteiger partial charge in [0.25, 0.3) is 5.82 Å². The van der Waals surface area contributed by atoms with E-state index in [1.165, 1.54) is 0 Å². The average Bonchev–Trinajstić information content (AvgIpc) is 2.47. The number of hydrogen-bond donors (Lipinski definition) is 2. The molecule has 0 fully saturated rings. The molecule has 15 heavy (non-hydrogen) atoms. The van der Waals surface area contributed by atoms with E-state index in [0.29, 0.717) is 10.1 Å². The first kappa shape index (κ1) is 11.7. The molecule has 0 aliphatic rings. The molecule has 0 bridgehead atoms. The van der Waals surface area contributed by atoms with E-state index in [0.717, 1.165) is 11.3 Å². The number of H-pyrrole nitrogens is 1. The first-order valence-electron chi connectivity index (χ1n) is 4.27. The highest BCUT2D eigenvalue weighted by Crippen LogP contribution is 2.22. The predicted molar refractivity (Wildman–Crippen MR) is 55.7 cm³/mol. The van der Waals surface area contributed by atoms with Crippen LogP contribution in [0.1, 0.15) is 0 Å². The second-order valence-corrected chi connectivity index (χ2v) is 4.02. The van der Waals surface area contributed by atoms with Gasteiger partial charge < -0.3 is 23.1 Å². The van der Waals surface area contributed by atoms with Gasteiger partial charge in [-0.3, -0.25) is 4.48 Å². The number of nitrogens with one attached hydrogen (secondary N) is 1. The second kappa shape index (κ2) is 3.63. The van der Waals surface area contributed by atoms with Crippen LogP contribution in [0.3, 0.4) is 0 Å². The fourth-order valence-corrected chi connectivity index (χ4v) is 1.31. The molecule has 0 aromatic carbocycles. The molecule has 7 heteroatoms. The summed E-state index contributed by atoms with van der Waals surface area (Å²) in [6, 6.07) is 0. The number of nitrogens with two attached hydrogens (primary N) is 1. The SMILES string of the molecule is C[N+](C)(C)c1nc(N)nc2[nH]cnc12.[Cl-]. The van der Waals surface area contributed by atoms with Crippen molar-refractivity contribution < 1.29 is 12.4 Å². The molecule has 0 atom stereocenters. The lowest BCUT2D eigenvalue weighted by molar-refractivity contribution is -0.00000353. The molecule has 2 heterocycles. The number of rotatable bonds is 1. The summed E-state index contributed by atoms with van der Waals surface area (Å²) in [6.45, 7) is 0. The van der Waals surface area contributed by atoms with Crippen LogP contribution in [0, 0.1) is 0 Å². The molecule has 6 nitrogen and oxygen atoms in total. The van der Waals surface area contributed by atoms with Gasteiger partial charge in [0.2, 0.25) is 5.95 Å². The Kier molecular flexibility index (Phi) is 2.83. The number of nitrogen functional groups attached to an aromatic ring is 1. The molecule has 2 aromatic heterocycles. The summed E-state index contributed by atoms with van der Waals surface area (Å²) in [4.78, 5) is 15.3. The first-order valence-corrected chi connectivity index (χ1v) is 4.27. The van der Waals surface area contributed by atoms with Gasteiger partial charge in [-0.2, -0.15) is 9.97 Å². The molecule has 0 amide bonds. The van der Waals surface area contributed by atoms with Crippen molar-refractivity contribution in [2.45, 2.75) is 0 Å². The normalized spacial score (nSPS) is 11.4. The summed E-state index contributed by atoms with van der Waals surface area (Å²) >= 11 is 0. The minimum absolute atomic E-state index is 0. The van der Waals surface area contributed by atoms with E-state index >= 15 is 0 Å². The lowest BCUT2D eigenvalue weighted by Gasteiger charge is -2.21. The molecule has 2 aromatic rings. The maximum Gasteiger partial charge on any atom is 0.260 e. The van der Waals surface area contributed by atoms with E-state index in [-0.39, 0.29) is 18.4 Å². The molecule has 0 aliphatic carbocycles. The lowest BCUT2D eigenvalue weighted by atomic mass is 10.4. The van der Waals surface area contributed by atoms with E-state index in [1.54, 1.807) is 6.33 Å². The molecular weight excluding hydrogens is 216 g/mol. The van der Waals surface area contributed by atoms with Gasteiger partial charge in [0.15, 0.2) is 11.2 Å². The van der Waals surface area contributed by atoms with Gasteiger partial charge in [0.1, 0.15) is 0 Å². The molecule has 0 radical (unpaired) electrons. The summed E-state index contributed by atoms with van der Waals surface area (Å²) in [6.07, 6.45) is 1.60. The number of halogens is 1. The van der Waals surface area contributed by atoms with Crippen molar-refractivity contribution in [1.82, 2.24) is 24.4 Å². The van der Waals surface area contributed by atoms with Crippen molar-refractivity contribution in [2.75, 3.05) is 26.9 Å². The predicted octanol–water partition coefficient (Wildman–Crippen LogP) is -2.86. The number of quaternary nitrogens is 1. The van der Waals surface area contributed by atoms with Gasteiger partial charge >= 0.3 is 0 Å². The number of nitrogens with zero attached hydrogens (tertiary/aromatic N) is 4. The van der Waals surface area contributed by atoms with Gasteiger partial charge in [-0.1, -0.05) is 0 Å². The van der Waals surface area contributed by atoms with Crippen molar-refractivity contribution in [3.63, 3.8) is 0 Å². The third-order valence-corrected chi connectivity index (χ3v) is 1.91. The molecule has 0 unspecified atom stereocenters. The van der Waals surface area contributed by atoms with Crippen molar-refractivity contribution in [2.24, 2.45) is 0 Å². The minimum Gasteiger partial charge on any atom is -1.00 e. The monoisotopic (exact) mass is 228 g/mol. The van der Waals surface area contributed by atoms with Crippen LogP contribution in [0.25, 0.3) is 11.2 Å². The molecular formula is C8H13ClN6. The highest BCUT2D eigenvalue weighted by Gasteiger charge is 2.21. The Labute approximate surface area is 93.5 Å². The Hall–Kier alpha value is -1.40. The zero-order chi connectivity index (χ0) is 10.3. The van der Waals surface area contributed by atoms with Crippen molar-refractivity contribution in [3.8, 4) is 0 Å². The maximum atomic E-state index is 5.60. The lowest BCUT2D eigenvalue weighted by Crippen LogP contribution is -3.00. The van der Waals surface area contributed by atoms with Gasteiger partial charge in [-0.25, -0.2) is 4.98 Å². The van der Waals surface area contributed by atoms with E-state index in [4.69, 9.17) is 5.73 Å². The van der Waals surface area contributed by atoms with Crippen LogP contribution in [0.4, 0.5) is 11.8 Å². The van der Waals surface area contributed by atoms with E-state index in [1.807, 2.05) is 21.1 Å². The summed E-state index contributed by atoms with van der Waals surface area (Å²) in [5.74, 6) is 1.08. The third-order valence-electron chi connectivity index (χ3n) is 1.91. The molecule has 2 rings (SSSR count). The van der Waals surface area contributed by atoms with Crippen molar-refractivity contribution in [3.05, 3.63) is 6.33 Å². The molecule has 0 saturated heterocycles. The van der Waals surface area contributed by atoms with E-state index < -0.39 is 0 Å². The van der Waals surface area contributed by atoms with E-state index in [2.05, 4.69) is 19.9 Å². The second-order valence-electron chi connectivity index (χ2n) is 4.02. The number of aromatic nitrogens is 4. The van der Waals surface area contributed by atoms with Gasteiger partial charge in [0, 0.05) is 0 Å². The van der Waals surface area contributed by atoms with Crippen LogP contribution in [0.5, 0.6) is 0 Å². The van der Waals surface area contributed by atoms with Gasteiger partial charge in [-0.15, -0.1) is 0 Å². The Morgan fingerprint density at radius 1 is 1.27 bits per heavy atom. The molecule has 0 saturated carbocycles. The zero-order valence-electron chi connectivity index (χ0n) is 8.82. The van der Waals surface area contributed by atoms with Gasteiger partial charge in [0.05, 0.1) is 27.5 Å². The minimum atomic E-state index is 0. The fraction of sp³-hybridized carbons (Fsp3) is 0.375. The van der Waals surface area contributed by atoms with Crippen LogP contribution >= 0.6 is 0 Å². The molecule has 3 N–H and O–H groups in total. The van der Waals surface area contributed by atoms with Gasteiger partial charge in [-0.05, 0) is 0 Å². The van der Waals surface area contributed by atoms with Crippen LogP contribution in [-0.4, -0.2) is 41.1 Å². The van der Waals surface area contributed by atoms with Crippen molar-refractivity contribution >= 4 is 22.9 Å². The molecule has 0 aliphatic heterocycles. The highest BCUT2D eigenvalue weighted by molar-refractivity contribution is 5.82. The summed E-state index contributed by atoms with van der Waals surface area (Å²) in [5.41, 5.74) is 7.05. The highest BCUT2D eigenvalue weighted by atomic mass is 35.5. The number of aromatic amines is 1. The number of imidazole rings is 1. The third kappa shape index (κ3) is 2.00. The van der Waals surface area contributed by atoms with Crippen LogP contribution in [-0.2, 0) is 0 Å². The fourth-order valence-electron chi connectivity index (χ4n) is 1.31. The smallest absolute Gasteiger partial charge is 0.260 e. The van der Waals surface area contributed by atoms with Crippen molar-refractivity contribution in [1.29, 1.82) is 0 Å². The largest absolute Gasteiger partial charge is 1.00 e. The Morgan fingerprint density at radius 2 is 1.93 bits per heavy atom. The number of fused-ring (bicyclic) bond motifs is 1. The molecule has 82 valence electrons. The van der Waals surface area contributed by atoms with E-state index in [9.17, 15) is 0 Å². The Morgan fingerprint density at radius 3 is 2.53 bits per heavy atom. The molecule has 0 spiro atoms. The van der Waals surface area contributed by atoms with Crippen LogP contribution in [0.2, 0.25) is 0 Å². The standard InChI is InChI=1S/C8H13N6.ClH/c1-14(2,3)7-5-6(11-4-10-5)12-8(9)13-7;/h4H,1-3H3,(H3,9,10,11,12,13);1H/q+1;/p-1. The summed E-state index contributed by atoms with van der Waals surface area (Å²) in [7, 11) is 6.03. The number of anilines is 1. The summed E-state index contributed by atoms with van der Waals surface area (Å²) in [5, 5.41) is 0. The quantitative estimate of drug-likeness (QED) is 0.515. The zero-order valence-corrected chi connectivity index (χ0v) is 9.58. The Balaban J connectivity index is 0.00000112. The maximum absolute atomic E-state index is 5.60. The van der Waals surface area contributed by atoms with Crippen LogP contribution < -0.4 is 22.6 Å². The Bertz CT molecular complexity index is 471.